The number of ether oxygens (including phenoxy) is 2. The molecule has 1 N–H and O–H groups in total. The number of nitrogens with zero attached hydrogens (tertiary/aromatic N) is 1. The van der Waals surface area contributed by atoms with E-state index >= 15 is 0 Å². The third-order valence-electron chi connectivity index (χ3n) is 6.00. The van der Waals surface area contributed by atoms with Crippen molar-refractivity contribution in [3.63, 3.8) is 0 Å². The van der Waals surface area contributed by atoms with Crippen LogP contribution in [0.2, 0.25) is 0 Å². The number of aryl methyl sites for hydroxylation is 1. The Hall–Kier alpha value is -3.37. The van der Waals surface area contributed by atoms with Crippen LogP contribution < -0.4 is 14.5 Å². The number of benzene rings is 2. The van der Waals surface area contributed by atoms with Crippen molar-refractivity contribution in [3.05, 3.63) is 74.2 Å². The standard InChI is InChI=1S/C25H22N2O6S2/c1-3-32-17(28)12-33-16-6-4-5-14(11-16)18-19-21(34-22-20(18)35-25(31)26-22)24(30)27(23(19)29)15-9-7-13(2)8-10-15/h4-11,18-19,21H,3,12H2,1-2H3,(H,26,31)/t18-,19-,21+/m0/s1. The van der Waals surface area contributed by atoms with Crippen LogP contribution in [0.4, 0.5) is 5.69 Å². The van der Waals surface area contributed by atoms with Gasteiger partial charge in [-0.2, -0.15) is 0 Å². The number of rotatable bonds is 6. The summed E-state index contributed by atoms with van der Waals surface area (Å²) in [6, 6.07) is 14.3. The molecule has 180 valence electrons. The third-order valence-corrected chi connectivity index (χ3v) is 8.40. The zero-order valence-corrected chi connectivity index (χ0v) is 20.6. The van der Waals surface area contributed by atoms with Crippen LogP contribution in [0.3, 0.4) is 0 Å². The average Bonchev–Trinajstić information content (AvgIpc) is 3.33. The second kappa shape index (κ2) is 9.35. The summed E-state index contributed by atoms with van der Waals surface area (Å²) in [6.45, 7) is 3.67. The minimum absolute atomic E-state index is 0.238. The van der Waals surface area contributed by atoms with Crippen LogP contribution in [0.15, 0.2) is 58.4 Å². The number of aromatic amines is 1. The lowest BCUT2D eigenvalue weighted by Crippen LogP contribution is -2.32. The molecule has 5 rings (SSSR count). The van der Waals surface area contributed by atoms with E-state index in [0.717, 1.165) is 27.3 Å². The van der Waals surface area contributed by atoms with E-state index in [-0.39, 0.29) is 29.9 Å². The zero-order valence-electron chi connectivity index (χ0n) is 19.0. The van der Waals surface area contributed by atoms with Gasteiger partial charge in [-0.15, -0.1) is 0 Å². The molecule has 1 saturated heterocycles. The Labute approximate surface area is 209 Å². The van der Waals surface area contributed by atoms with Gasteiger partial charge >= 0.3 is 10.8 Å². The molecule has 3 heterocycles. The fourth-order valence-corrected chi connectivity index (χ4v) is 6.98. The quantitative estimate of drug-likeness (QED) is 0.400. The van der Waals surface area contributed by atoms with E-state index in [4.69, 9.17) is 9.47 Å². The first-order valence-electron chi connectivity index (χ1n) is 11.1. The monoisotopic (exact) mass is 510 g/mol. The lowest BCUT2D eigenvalue weighted by atomic mass is 9.83. The summed E-state index contributed by atoms with van der Waals surface area (Å²) in [5.74, 6) is -1.85. The van der Waals surface area contributed by atoms with Gasteiger partial charge in [-0.25, -0.2) is 9.69 Å². The summed E-state index contributed by atoms with van der Waals surface area (Å²) in [5, 5.41) is -0.0633. The molecule has 35 heavy (non-hydrogen) atoms. The molecule has 3 aromatic rings. The molecule has 10 heteroatoms. The summed E-state index contributed by atoms with van der Waals surface area (Å²) < 4.78 is 10.5. The number of amides is 2. The molecule has 0 spiro atoms. The minimum atomic E-state index is -0.687. The number of hydrogen-bond acceptors (Lipinski definition) is 8. The van der Waals surface area contributed by atoms with E-state index in [1.54, 1.807) is 37.3 Å². The molecule has 2 aliphatic heterocycles. The molecule has 2 aromatic carbocycles. The summed E-state index contributed by atoms with van der Waals surface area (Å²) in [4.78, 5) is 55.7. The van der Waals surface area contributed by atoms with Crippen LogP contribution in [0.1, 0.15) is 28.8 Å². The molecule has 0 saturated carbocycles. The fraction of sp³-hybridized carbons (Fsp3) is 0.280. The number of carbonyl (C=O) groups excluding carboxylic acids is 3. The van der Waals surface area contributed by atoms with Gasteiger partial charge in [-0.1, -0.05) is 52.9 Å². The highest BCUT2D eigenvalue weighted by atomic mass is 32.2. The maximum Gasteiger partial charge on any atom is 0.344 e. The third kappa shape index (κ3) is 4.28. The molecule has 1 fully saturated rings. The largest absolute Gasteiger partial charge is 0.482 e. The molecule has 0 aliphatic carbocycles. The second-order valence-corrected chi connectivity index (χ2v) is 10.4. The number of aromatic nitrogens is 1. The Kier molecular flexibility index (Phi) is 6.24. The number of nitrogens with one attached hydrogen (secondary N) is 1. The Bertz CT molecular complexity index is 1360. The first kappa shape index (κ1) is 23.4. The van der Waals surface area contributed by atoms with Gasteiger partial charge in [0.15, 0.2) is 6.61 Å². The Balaban J connectivity index is 1.53. The highest BCUT2D eigenvalue weighted by Crippen LogP contribution is 2.53. The highest BCUT2D eigenvalue weighted by molar-refractivity contribution is 8.00. The summed E-state index contributed by atoms with van der Waals surface area (Å²) >= 11 is 2.28. The number of H-pyrrole nitrogens is 1. The number of thioether (sulfide) groups is 1. The normalized spacial score (nSPS) is 21.0. The van der Waals surface area contributed by atoms with E-state index in [2.05, 4.69) is 4.98 Å². The molecule has 2 amide bonds. The predicted molar refractivity (Wildman–Crippen MR) is 132 cm³/mol. The average molecular weight is 511 g/mol. The smallest absolute Gasteiger partial charge is 0.344 e. The number of thiazole rings is 1. The molecule has 0 unspecified atom stereocenters. The van der Waals surface area contributed by atoms with Gasteiger partial charge in [0, 0.05) is 10.8 Å². The molecule has 2 aliphatic rings. The van der Waals surface area contributed by atoms with Gasteiger partial charge in [0.2, 0.25) is 11.8 Å². The molecule has 8 nitrogen and oxygen atoms in total. The second-order valence-electron chi connectivity index (χ2n) is 8.26. The lowest BCUT2D eigenvalue weighted by molar-refractivity contribution is -0.145. The molecule has 1 aromatic heterocycles. The number of hydrogen-bond donors (Lipinski definition) is 1. The summed E-state index contributed by atoms with van der Waals surface area (Å²) in [5.41, 5.74) is 2.28. The van der Waals surface area contributed by atoms with E-state index < -0.39 is 23.1 Å². The van der Waals surface area contributed by atoms with Crippen LogP contribution in [0, 0.1) is 12.8 Å². The topological polar surface area (TPSA) is 106 Å². The van der Waals surface area contributed by atoms with E-state index in [0.29, 0.717) is 16.5 Å². The van der Waals surface area contributed by atoms with Gasteiger partial charge in [-0.05, 0) is 43.7 Å². The van der Waals surface area contributed by atoms with E-state index in [9.17, 15) is 19.2 Å². The molecule has 0 bridgehead atoms. The molecular formula is C25H22N2O6S2. The fourth-order valence-electron chi connectivity index (χ4n) is 4.47. The number of imide groups is 1. The van der Waals surface area contributed by atoms with Gasteiger partial charge in [0.05, 0.1) is 23.2 Å². The van der Waals surface area contributed by atoms with Gasteiger partial charge < -0.3 is 14.5 Å². The SMILES string of the molecule is CCOC(=O)COc1cccc([C@@H]2c3sc(=O)[nH]c3S[C@H]3C(=O)N(c4ccc(C)cc4)C(=O)[C@@H]23)c1. The van der Waals surface area contributed by atoms with Crippen molar-refractivity contribution in [2.24, 2.45) is 5.92 Å². The lowest BCUT2D eigenvalue weighted by Gasteiger charge is -2.30. The van der Waals surface area contributed by atoms with Crippen LogP contribution in [0.5, 0.6) is 5.75 Å². The van der Waals surface area contributed by atoms with Gasteiger partial charge in [0.25, 0.3) is 0 Å². The maximum absolute atomic E-state index is 13.7. The van der Waals surface area contributed by atoms with Crippen molar-refractivity contribution >= 4 is 46.6 Å². The maximum atomic E-state index is 13.7. The Morgan fingerprint density at radius 1 is 1.09 bits per heavy atom. The number of carbonyl (C=O) groups is 3. The first-order valence-corrected chi connectivity index (χ1v) is 12.8. The summed E-state index contributed by atoms with van der Waals surface area (Å²) in [7, 11) is 0. The van der Waals surface area contributed by atoms with Crippen LogP contribution >= 0.6 is 23.1 Å². The minimum Gasteiger partial charge on any atom is -0.482 e. The number of fused-ring (bicyclic) bond motifs is 2. The van der Waals surface area contributed by atoms with Crippen molar-refractivity contribution in [2.75, 3.05) is 18.1 Å². The highest BCUT2D eigenvalue weighted by Gasteiger charge is 2.56. The Morgan fingerprint density at radius 3 is 2.60 bits per heavy atom. The van der Waals surface area contributed by atoms with Crippen molar-refractivity contribution in [1.82, 2.24) is 4.98 Å². The summed E-state index contributed by atoms with van der Waals surface area (Å²) in [6.07, 6.45) is 0. The zero-order chi connectivity index (χ0) is 24.7. The first-order chi connectivity index (χ1) is 16.9. The molecule has 3 atom stereocenters. The number of anilines is 1. The van der Waals surface area contributed by atoms with Gasteiger partial charge in [0.1, 0.15) is 11.0 Å². The number of esters is 1. The van der Waals surface area contributed by atoms with Crippen molar-refractivity contribution in [1.29, 1.82) is 0 Å². The predicted octanol–water partition coefficient (Wildman–Crippen LogP) is 3.48. The van der Waals surface area contributed by atoms with Crippen molar-refractivity contribution in [3.8, 4) is 5.75 Å². The van der Waals surface area contributed by atoms with Crippen LogP contribution in [-0.2, 0) is 19.1 Å². The van der Waals surface area contributed by atoms with Crippen molar-refractivity contribution < 1.29 is 23.9 Å². The van der Waals surface area contributed by atoms with Crippen LogP contribution in [0.25, 0.3) is 0 Å². The van der Waals surface area contributed by atoms with Crippen LogP contribution in [-0.4, -0.2) is 41.2 Å². The molecule has 0 radical (unpaired) electrons. The Morgan fingerprint density at radius 2 is 1.86 bits per heavy atom. The van der Waals surface area contributed by atoms with Crippen molar-refractivity contribution in [2.45, 2.75) is 30.0 Å². The van der Waals surface area contributed by atoms with E-state index in [1.165, 1.54) is 16.7 Å². The van der Waals surface area contributed by atoms with Gasteiger partial charge in [-0.3, -0.25) is 14.4 Å². The molecular weight excluding hydrogens is 488 g/mol. The van der Waals surface area contributed by atoms with E-state index in [1.807, 2.05) is 25.1 Å².